The maximum atomic E-state index is 12.4. The molecule has 2 aromatic carbocycles. The van der Waals surface area contributed by atoms with Crippen LogP contribution in [-0.2, 0) is 11.3 Å². The Hall–Kier alpha value is -3.32. The molecule has 0 radical (unpaired) electrons. The summed E-state index contributed by atoms with van der Waals surface area (Å²) in [6.07, 6.45) is 2.21. The summed E-state index contributed by atoms with van der Waals surface area (Å²) in [7, 11) is 0. The van der Waals surface area contributed by atoms with Gasteiger partial charge in [0.15, 0.2) is 0 Å². The van der Waals surface area contributed by atoms with Gasteiger partial charge >= 0.3 is 6.03 Å². The number of carbonyl (C=O) groups is 2. The summed E-state index contributed by atoms with van der Waals surface area (Å²) in [5.74, 6) is -0.216. The number of hydrogen-bond donors (Lipinski definition) is 2. The summed E-state index contributed by atoms with van der Waals surface area (Å²) in [4.78, 5) is 33.8. The van der Waals surface area contributed by atoms with Gasteiger partial charge in [0.25, 0.3) is 0 Å². The molecule has 0 aliphatic carbocycles. The average Bonchev–Trinajstić information content (AvgIpc) is 3.23. The number of nitrogens with zero attached hydrogens (tertiary/aromatic N) is 3. The van der Waals surface area contributed by atoms with E-state index in [9.17, 15) is 9.59 Å². The number of hydrogen-bond acceptors (Lipinski definition) is 4. The lowest BCUT2D eigenvalue weighted by Crippen LogP contribution is -2.49. The number of urea groups is 1. The Morgan fingerprint density at radius 1 is 0.900 bits per heavy atom. The van der Waals surface area contributed by atoms with Crippen molar-refractivity contribution in [2.45, 2.75) is 13.0 Å². The molecule has 7 heteroatoms. The number of aromatic nitrogens is 1. The maximum absolute atomic E-state index is 12.4. The Balaban J connectivity index is 1.35. The number of imide groups is 1. The number of amides is 3. The van der Waals surface area contributed by atoms with Crippen LogP contribution in [0, 0.1) is 0 Å². The zero-order valence-electron chi connectivity index (χ0n) is 16.8. The normalized spacial score (nSPS) is 18.1. The Morgan fingerprint density at radius 3 is 2.47 bits per heavy atom. The van der Waals surface area contributed by atoms with Crippen LogP contribution in [0.1, 0.15) is 12.0 Å². The van der Waals surface area contributed by atoms with Crippen molar-refractivity contribution in [3.63, 3.8) is 0 Å². The van der Waals surface area contributed by atoms with Crippen LogP contribution >= 0.6 is 0 Å². The molecule has 0 unspecified atom stereocenters. The lowest BCUT2D eigenvalue weighted by atomic mass is 10.1. The smallest absolute Gasteiger partial charge is 0.328 e. The van der Waals surface area contributed by atoms with E-state index in [1.807, 2.05) is 18.3 Å². The fourth-order valence-corrected chi connectivity index (χ4v) is 4.34. The molecular formula is C23H25N5O2. The molecule has 3 aromatic rings. The number of piperazine rings is 1. The Bertz CT molecular complexity index is 1070. The minimum absolute atomic E-state index is 0.216. The first-order valence-corrected chi connectivity index (χ1v) is 10.4. The van der Waals surface area contributed by atoms with Gasteiger partial charge in [0, 0.05) is 68.5 Å². The standard InChI is InChI=1S/C23H25N5O2/c29-22-7-9-28(23(30)25-22)21-15-18(14-20-19(21)6-8-24-20)27-12-10-26(11-13-27)16-17-4-2-1-3-5-17/h1-6,8,14-15,24H,7,9-13,16H2,(H,25,29,30). The highest BCUT2D eigenvalue weighted by Gasteiger charge is 2.27. The van der Waals surface area contributed by atoms with Gasteiger partial charge in [-0.3, -0.25) is 19.9 Å². The van der Waals surface area contributed by atoms with E-state index in [-0.39, 0.29) is 11.9 Å². The summed E-state index contributed by atoms with van der Waals surface area (Å²) in [5.41, 5.74) is 4.29. The molecule has 0 bridgehead atoms. The second-order valence-electron chi connectivity index (χ2n) is 7.91. The van der Waals surface area contributed by atoms with Crippen molar-refractivity contribution in [2.75, 3.05) is 42.5 Å². The first-order valence-electron chi connectivity index (χ1n) is 10.4. The fourth-order valence-electron chi connectivity index (χ4n) is 4.34. The lowest BCUT2D eigenvalue weighted by molar-refractivity contribution is -0.120. The molecule has 5 rings (SSSR count). The first kappa shape index (κ1) is 18.7. The molecule has 2 N–H and O–H groups in total. The number of anilines is 2. The number of H-pyrrole nitrogens is 1. The van der Waals surface area contributed by atoms with Crippen molar-refractivity contribution in [1.29, 1.82) is 0 Å². The number of fused-ring (bicyclic) bond motifs is 1. The van der Waals surface area contributed by atoms with Crippen LogP contribution in [0.3, 0.4) is 0 Å². The van der Waals surface area contributed by atoms with Crippen molar-refractivity contribution < 1.29 is 9.59 Å². The monoisotopic (exact) mass is 403 g/mol. The molecule has 2 saturated heterocycles. The molecule has 0 atom stereocenters. The number of rotatable bonds is 4. The van der Waals surface area contributed by atoms with E-state index in [2.05, 4.69) is 56.5 Å². The quantitative estimate of drug-likeness (QED) is 0.703. The third-order valence-electron chi connectivity index (χ3n) is 5.96. The third-order valence-corrected chi connectivity index (χ3v) is 5.96. The second kappa shape index (κ2) is 7.84. The summed E-state index contributed by atoms with van der Waals surface area (Å²) in [6.45, 7) is 5.22. The van der Waals surface area contributed by atoms with Gasteiger partial charge < -0.3 is 9.88 Å². The first-order chi connectivity index (χ1) is 14.7. The van der Waals surface area contributed by atoms with Gasteiger partial charge in [0.2, 0.25) is 5.91 Å². The predicted molar refractivity (Wildman–Crippen MR) is 118 cm³/mol. The van der Waals surface area contributed by atoms with Gasteiger partial charge in [-0.15, -0.1) is 0 Å². The number of nitrogens with one attached hydrogen (secondary N) is 2. The molecular weight excluding hydrogens is 378 g/mol. The molecule has 2 aliphatic heterocycles. The Morgan fingerprint density at radius 2 is 1.70 bits per heavy atom. The van der Waals surface area contributed by atoms with Gasteiger partial charge in [0.05, 0.1) is 5.69 Å². The summed E-state index contributed by atoms with van der Waals surface area (Å²) < 4.78 is 0. The molecule has 1 aromatic heterocycles. The van der Waals surface area contributed by atoms with E-state index in [4.69, 9.17) is 0 Å². The van der Waals surface area contributed by atoms with Crippen LogP contribution in [0.25, 0.3) is 10.9 Å². The molecule has 2 aliphatic rings. The Labute approximate surface area is 175 Å². The van der Waals surface area contributed by atoms with E-state index in [0.29, 0.717) is 13.0 Å². The van der Waals surface area contributed by atoms with E-state index in [1.54, 1.807) is 4.90 Å². The van der Waals surface area contributed by atoms with E-state index >= 15 is 0 Å². The number of benzene rings is 2. The van der Waals surface area contributed by atoms with E-state index in [0.717, 1.165) is 55.0 Å². The van der Waals surface area contributed by atoms with Crippen LogP contribution < -0.4 is 15.1 Å². The van der Waals surface area contributed by atoms with Gasteiger partial charge in [-0.2, -0.15) is 0 Å². The molecule has 7 nitrogen and oxygen atoms in total. The summed E-state index contributed by atoms with van der Waals surface area (Å²) >= 11 is 0. The molecule has 3 amide bonds. The van der Waals surface area contributed by atoms with Gasteiger partial charge in [-0.25, -0.2) is 4.79 Å². The highest BCUT2D eigenvalue weighted by atomic mass is 16.2. The van der Waals surface area contributed by atoms with Crippen LogP contribution in [0.5, 0.6) is 0 Å². The zero-order chi connectivity index (χ0) is 20.5. The largest absolute Gasteiger partial charge is 0.369 e. The van der Waals surface area contributed by atoms with Gasteiger partial charge in [-0.1, -0.05) is 30.3 Å². The van der Waals surface area contributed by atoms with Crippen molar-refractivity contribution in [1.82, 2.24) is 15.2 Å². The Kier molecular flexibility index (Phi) is 4.88. The molecule has 3 heterocycles. The second-order valence-corrected chi connectivity index (χ2v) is 7.91. The minimum atomic E-state index is -0.349. The van der Waals surface area contributed by atoms with Crippen LogP contribution in [0.4, 0.5) is 16.2 Å². The summed E-state index contributed by atoms with van der Waals surface area (Å²) in [5, 5.41) is 3.42. The van der Waals surface area contributed by atoms with Crippen molar-refractivity contribution in [2.24, 2.45) is 0 Å². The average molecular weight is 403 g/mol. The molecule has 154 valence electrons. The molecule has 0 saturated carbocycles. The molecule has 0 spiro atoms. The van der Waals surface area contributed by atoms with Crippen molar-refractivity contribution in [3.8, 4) is 0 Å². The van der Waals surface area contributed by atoms with Gasteiger partial charge in [-0.05, 0) is 23.8 Å². The highest BCUT2D eigenvalue weighted by Crippen LogP contribution is 2.33. The van der Waals surface area contributed by atoms with Crippen molar-refractivity contribution >= 4 is 34.2 Å². The number of carbonyl (C=O) groups excluding carboxylic acids is 2. The van der Waals surface area contributed by atoms with Crippen LogP contribution in [0.2, 0.25) is 0 Å². The van der Waals surface area contributed by atoms with Crippen molar-refractivity contribution in [3.05, 3.63) is 60.3 Å². The lowest BCUT2D eigenvalue weighted by Gasteiger charge is -2.37. The predicted octanol–water partition coefficient (Wildman–Crippen LogP) is 2.94. The van der Waals surface area contributed by atoms with Crippen LogP contribution in [0.15, 0.2) is 54.7 Å². The van der Waals surface area contributed by atoms with Gasteiger partial charge in [0.1, 0.15) is 0 Å². The topological polar surface area (TPSA) is 71.7 Å². The maximum Gasteiger partial charge on any atom is 0.328 e. The SMILES string of the molecule is O=C1CCN(c2cc(N3CCN(Cc4ccccc4)CC3)cc3[nH]ccc23)C(=O)N1. The van der Waals surface area contributed by atoms with E-state index < -0.39 is 0 Å². The third kappa shape index (κ3) is 3.64. The summed E-state index contributed by atoms with van der Waals surface area (Å²) in [6, 6.07) is 16.4. The molecule has 30 heavy (non-hydrogen) atoms. The minimum Gasteiger partial charge on any atom is -0.369 e. The molecule has 2 fully saturated rings. The van der Waals surface area contributed by atoms with Crippen LogP contribution in [-0.4, -0.2) is 54.5 Å². The van der Waals surface area contributed by atoms with E-state index in [1.165, 1.54) is 5.56 Å². The highest BCUT2D eigenvalue weighted by molar-refractivity contribution is 6.10. The fraction of sp³-hybridized carbons (Fsp3) is 0.304. The zero-order valence-corrected chi connectivity index (χ0v) is 16.8. The number of aromatic amines is 1.